The van der Waals surface area contributed by atoms with Gasteiger partial charge in [0.2, 0.25) is 5.88 Å². The highest BCUT2D eigenvalue weighted by atomic mass is 16.5. The highest BCUT2D eigenvalue weighted by molar-refractivity contribution is 5.96. The first-order valence-electron chi connectivity index (χ1n) is 7.57. The molecule has 0 aliphatic carbocycles. The number of aromatic nitrogens is 3. The standard InChI is InChI=1S/C16H20N4O2/c1-3-22-15-13(5-4-7-17-15)16(21)20-8-6-12(10-20)14-11(2)9-18-19-14/h4-5,7,9,12H,3,6,8,10H2,1-2H3,(H,18,19). The minimum absolute atomic E-state index is 0.0174. The lowest BCUT2D eigenvalue weighted by Crippen LogP contribution is -2.29. The van der Waals surface area contributed by atoms with E-state index in [9.17, 15) is 4.79 Å². The molecule has 2 aromatic heterocycles. The first-order valence-corrected chi connectivity index (χ1v) is 7.57. The van der Waals surface area contributed by atoms with Crippen molar-refractivity contribution in [1.29, 1.82) is 0 Å². The van der Waals surface area contributed by atoms with E-state index >= 15 is 0 Å². The number of rotatable bonds is 4. The molecule has 0 radical (unpaired) electrons. The zero-order valence-electron chi connectivity index (χ0n) is 12.9. The summed E-state index contributed by atoms with van der Waals surface area (Å²) in [6.07, 6.45) is 4.41. The van der Waals surface area contributed by atoms with E-state index in [0.717, 1.165) is 24.2 Å². The number of ether oxygens (including phenoxy) is 1. The summed E-state index contributed by atoms with van der Waals surface area (Å²) in [7, 11) is 0. The molecule has 0 aromatic carbocycles. The largest absolute Gasteiger partial charge is 0.477 e. The first-order chi connectivity index (χ1) is 10.7. The van der Waals surface area contributed by atoms with Crippen LogP contribution in [0.2, 0.25) is 0 Å². The van der Waals surface area contributed by atoms with Crippen molar-refractivity contribution in [1.82, 2.24) is 20.1 Å². The van der Waals surface area contributed by atoms with Crippen LogP contribution >= 0.6 is 0 Å². The molecule has 3 rings (SSSR count). The fourth-order valence-corrected chi connectivity index (χ4v) is 2.93. The second kappa shape index (κ2) is 6.17. The molecule has 1 aliphatic rings. The Morgan fingerprint density at radius 3 is 3.14 bits per heavy atom. The minimum atomic E-state index is -0.0174. The smallest absolute Gasteiger partial charge is 0.259 e. The maximum absolute atomic E-state index is 12.7. The molecule has 6 heteroatoms. The SMILES string of the molecule is CCOc1ncccc1C(=O)N1CCC(c2[nH]ncc2C)C1. The molecule has 22 heavy (non-hydrogen) atoms. The van der Waals surface area contributed by atoms with Crippen LogP contribution in [0.25, 0.3) is 0 Å². The van der Waals surface area contributed by atoms with Gasteiger partial charge >= 0.3 is 0 Å². The highest BCUT2D eigenvalue weighted by Gasteiger charge is 2.31. The second-order valence-corrected chi connectivity index (χ2v) is 5.49. The number of likely N-dealkylation sites (tertiary alicyclic amines) is 1. The van der Waals surface area contributed by atoms with Gasteiger partial charge in [0.25, 0.3) is 5.91 Å². The van der Waals surface area contributed by atoms with Gasteiger partial charge in [0.1, 0.15) is 5.56 Å². The van der Waals surface area contributed by atoms with Crippen LogP contribution in [-0.2, 0) is 0 Å². The summed E-state index contributed by atoms with van der Waals surface area (Å²) in [5.41, 5.74) is 2.81. The van der Waals surface area contributed by atoms with Crippen molar-refractivity contribution in [3.05, 3.63) is 41.3 Å². The fourth-order valence-electron chi connectivity index (χ4n) is 2.93. The zero-order chi connectivity index (χ0) is 15.5. The minimum Gasteiger partial charge on any atom is -0.477 e. The van der Waals surface area contributed by atoms with Gasteiger partial charge in [-0.2, -0.15) is 5.10 Å². The molecule has 1 saturated heterocycles. The number of carbonyl (C=O) groups excluding carboxylic acids is 1. The van der Waals surface area contributed by atoms with Crippen molar-refractivity contribution in [3.8, 4) is 5.88 Å². The molecule has 0 spiro atoms. The number of amides is 1. The maximum atomic E-state index is 12.7. The summed E-state index contributed by atoms with van der Waals surface area (Å²) in [5, 5.41) is 7.13. The summed E-state index contributed by atoms with van der Waals surface area (Å²) in [6.45, 7) is 5.85. The number of aromatic amines is 1. The van der Waals surface area contributed by atoms with E-state index in [2.05, 4.69) is 15.2 Å². The van der Waals surface area contributed by atoms with Gasteiger partial charge in [-0.1, -0.05) is 0 Å². The van der Waals surface area contributed by atoms with Gasteiger partial charge in [-0.25, -0.2) is 4.98 Å². The van der Waals surface area contributed by atoms with E-state index in [1.807, 2.05) is 24.9 Å². The van der Waals surface area contributed by atoms with Crippen LogP contribution in [0.4, 0.5) is 0 Å². The monoisotopic (exact) mass is 300 g/mol. The van der Waals surface area contributed by atoms with Crippen molar-refractivity contribution in [2.24, 2.45) is 0 Å². The molecule has 1 aliphatic heterocycles. The van der Waals surface area contributed by atoms with Crippen LogP contribution in [-0.4, -0.2) is 45.7 Å². The lowest BCUT2D eigenvalue weighted by atomic mass is 10.0. The lowest BCUT2D eigenvalue weighted by Gasteiger charge is -2.18. The molecule has 3 heterocycles. The zero-order valence-corrected chi connectivity index (χ0v) is 12.9. The average Bonchev–Trinajstić information content (AvgIpc) is 3.16. The first kappa shape index (κ1) is 14.6. The summed E-state index contributed by atoms with van der Waals surface area (Å²) in [4.78, 5) is 18.7. The summed E-state index contributed by atoms with van der Waals surface area (Å²) < 4.78 is 5.46. The Labute approximate surface area is 129 Å². The predicted molar refractivity (Wildman–Crippen MR) is 82.0 cm³/mol. The van der Waals surface area contributed by atoms with Crippen LogP contribution < -0.4 is 4.74 Å². The van der Waals surface area contributed by atoms with Crippen LogP contribution in [0.3, 0.4) is 0 Å². The lowest BCUT2D eigenvalue weighted by molar-refractivity contribution is 0.0785. The van der Waals surface area contributed by atoms with Crippen molar-refractivity contribution in [2.75, 3.05) is 19.7 Å². The van der Waals surface area contributed by atoms with Gasteiger partial charge < -0.3 is 9.64 Å². The molecule has 0 saturated carbocycles. The average molecular weight is 300 g/mol. The Bertz CT molecular complexity index is 668. The molecule has 1 amide bonds. The molecule has 116 valence electrons. The number of H-pyrrole nitrogens is 1. The van der Waals surface area contributed by atoms with Gasteiger partial charge in [0.05, 0.1) is 12.8 Å². The Balaban J connectivity index is 1.76. The molecule has 0 bridgehead atoms. The van der Waals surface area contributed by atoms with Crippen molar-refractivity contribution < 1.29 is 9.53 Å². The number of nitrogens with zero attached hydrogens (tertiary/aromatic N) is 3. The van der Waals surface area contributed by atoms with Crippen LogP contribution in [0.1, 0.15) is 40.9 Å². The Morgan fingerprint density at radius 1 is 1.55 bits per heavy atom. The number of aryl methyl sites for hydroxylation is 1. The topological polar surface area (TPSA) is 71.1 Å². The summed E-state index contributed by atoms with van der Waals surface area (Å²) in [5.74, 6) is 0.714. The third kappa shape index (κ3) is 2.68. The van der Waals surface area contributed by atoms with Gasteiger partial charge in [0.15, 0.2) is 0 Å². The van der Waals surface area contributed by atoms with E-state index < -0.39 is 0 Å². The number of nitrogens with one attached hydrogen (secondary N) is 1. The van der Waals surface area contributed by atoms with Gasteiger partial charge in [-0.3, -0.25) is 9.89 Å². The van der Waals surface area contributed by atoms with Crippen molar-refractivity contribution in [3.63, 3.8) is 0 Å². The third-order valence-electron chi connectivity index (χ3n) is 4.03. The molecule has 1 unspecified atom stereocenters. The molecule has 1 N–H and O–H groups in total. The van der Waals surface area contributed by atoms with E-state index in [0.29, 0.717) is 30.5 Å². The predicted octanol–water partition coefficient (Wildman–Crippen LogP) is 2.14. The van der Waals surface area contributed by atoms with Gasteiger partial charge in [-0.15, -0.1) is 0 Å². The van der Waals surface area contributed by atoms with E-state index in [-0.39, 0.29) is 5.91 Å². The molecule has 2 aromatic rings. The number of carbonyl (C=O) groups is 1. The van der Waals surface area contributed by atoms with Crippen LogP contribution in [0.5, 0.6) is 5.88 Å². The Kier molecular flexibility index (Phi) is 4.09. The third-order valence-corrected chi connectivity index (χ3v) is 4.03. The van der Waals surface area contributed by atoms with E-state index in [1.165, 1.54) is 0 Å². The van der Waals surface area contributed by atoms with Gasteiger partial charge in [0, 0.05) is 30.9 Å². The number of pyridine rings is 1. The molecule has 1 fully saturated rings. The quantitative estimate of drug-likeness (QED) is 0.939. The van der Waals surface area contributed by atoms with E-state index in [4.69, 9.17) is 4.74 Å². The number of hydrogen-bond acceptors (Lipinski definition) is 4. The van der Waals surface area contributed by atoms with Crippen LogP contribution in [0, 0.1) is 6.92 Å². The Morgan fingerprint density at radius 2 is 2.41 bits per heavy atom. The summed E-state index contributed by atoms with van der Waals surface area (Å²) in [6, 6.07) is 3.54. The van der Waals surface area contributed by atoms with Crippen molar-refractivity contribution >= 4 is 5.91 Å². The molecule has 6 nitrogen and oxygen atoms in total. The summed E-state index contributed by atoms with van der Waals surface area (Å²) >= 11 is 0. The normalized spacial score (nSPS) is 17.7. The number of hydrogen-bond donors (Lipinski definition) is 1. The van der Waals surface area contributed by atoms with E-state index in [1.54, 1.807) is 18.3 Å². The molecular formula is C16H20N4O2. The molecular weight excluding hydrogens is 280 g/mol. The fraction of sp³-hybridized carbons (Fsp3) is 0.438. The maximum Gasteiger partial charge on any atom is 0.259 e. The second-order valence-electron chi connectivity index (χ2n) is 5.49. The molecule has 1 atom stereocenters. The highest BCUT2D eigenvalue weighted by Crippen LogP contribution is 2.29. The Hall–Kier alpha value is -2.37. The van der Waals surface area contributed by atoms with Crippen LogP contribution in [0.15, 0.2) is 24.5 Å². The van der Waals surface area contributed by atoms with Gasteiger partial charge in [-0.05, 0) is 38.0 Å². The van der Waals surface area contributed by atoms with Crippen molar-refractivity contribution in [2.45, 2.75) is 26.2 Å².